The van der Waals surface area contributed by atoms with E-state index in [0.717, 1.165) is 32.1 Å². The van der Waals surface area contributed by atoms with Gasteiger partial charge in [0.2, 0.25) is 0 Å². The van der Waals surface area contributed by atoms with E-state index in [1.807, 2.05) is 0 Å². The average Bonchev–Trinajstić information content (AvgIpc) is 2.98. The maximum absolute atomic E-state index is 10.8. The van der Waals surface area contributed by atoms with Crippen molar-refractivity contribution in [3.63, 3.8) is 0 Å². The van der Waals surface area contributed by atoms with Crippen molar-refractivity contribution in [2.45, 2.75) is 251 Å². The van der Waals surface area contributed by atoms with E-state index in [2.05, 4.69) is 20.8 Å². The predicted molar refractivity (Wildman–Crippen MR) is 189 cm³/mol. The second-order valence-corrected chi connectivity index (χ2v) is 14.1. The number of aliphatic hydroxyl groups is 2. The molecule has 0 rings (SSSR count). The number of hydrogen-bond acceptors (Lipinski definition) is 2. The highest BCUT2D eigenvalue weighted by Gasteiger charge is 2.31. The van der Waals surface area contributed by atoms with Crippen LogP contribution in [0.2, 0.25) is 0 Å². The monoisotopic (exact) mass is 595 g/mol. The van der Waals surface area contributed by atoms with E-state index in [1.54, 1.807) is 0 Å². The zero-order valence-corrected chi connectivity index (χ0v) is 29.7. The second kappa shape index (κ2) is 33.8. The van der Waals surface area contributed by atoms with Gasteiger partial charge in [0.25, 0.3) is 0 Å². The molecule has 0 radical (unpaired) electrons. The van der Waals surface area contributed by atoms with Crippen LogP contribution >= 0.6 is 0 Å². The summed E-state index contributed by atoms with van der Waals surface area (Å²) >= 11 is 0. The number of rotatable bonds is 36. The molecule has 0 saturated carbocycles. The van der Waals surface area contributed by atoms with Gasteiger partial charge in [0, 0.05) is 12.3 Å². The lowest BCUT2D eigenvalue weighted by atomic mass is 9.86. The van der Waals surface area contributed by atoms with Crippen LogP contribution in [0.4, 0.5) is 0 Å². The first kappa shape index (κ1) is 41.9. The minimum Gasteiger partial charge on any atom is -0.365 e. The molecule has 254 valence electrons. The number of hydrogen-bond donors (Lipinski definition) is 2. The SMILES string of the molecule is CCCCCCCCCCCCCCCCCCC(CC)C(O)(O)CCCCCCCCCCCCCCCCCC. The molecular weight excluding hydrogens is 512 g/mol. The largest absolute Gasteiger partial charge is 0.365 e. The Morgan fingerprint density at radius 3 is 0.833 bits per heavy atom. The first-order valence-corrected chi connectivity index (χ1v) is 20.0. The Labute approximate surface area is 267 Å². The van der Waals surface area contributed by atoms with Gasteiger partial charge in [-0.1, -0.05) is 220 Å². The third kappa shape index (κ3) is 30.0. The fourth-order valence-corrected chi connectivity index (χ4v) is 6.84. The summed E-state index contributed by atoms with van der Waals surface area (Å²) in [6.45, 7) is 6.72. The maximum atomic E-state index is 10.8. The summed E-state index contributed by atoms with van der Waals surface area (Å²) in [4.78, 5) is 0. The van der Waals surface area contributed by atoms with Gasteiger partial charge in [-0.3, -0.25) is 0 Å². The van der Waals surface area contributed by atoms with Gasteiger partial charge in [-0.2, -0.15) is 0 Å². The summed E-state index contributed by atoms with van der Waals surface area (Å²) in [5.74, 6) is -1.42. The maximum Gasteiger partial charge on any atom is 0.165 e. The van der Waals surface area contributed by atoms with Crippen LogP contribution < -0.4 is 0 Å². The van der Waals surface area contributed by atoms with Crippen molar-refractivity contribution in [1.82, 2.24) is 0 Å². The molecule has 2 heteroatoms. The van der Waals surface area contributed by atoms with Gasteiger partial charge in [0.1, 0.15) is 0 Å². The molecule has 0 aliphatic heterocycles. The summed E-state index contributed by atoms with van der Waals surface area (Å²) < 4.78 is 0. The van der Waals surface area contributed by atoms with Crippen molar-refractivity contribution in [3.05, 3.63) is 0 Å². The molecule has 1 unspecified atom stereocenters. The first-order valence-electron chi connectivity index (χ1n) is 20.0. The normalized spacial score (nSPS) is 12.8. The Kier molecular flexibility index (Phi) is 33.7. The molecule has 42 heavy (non-hydrogen) atoms. The summed E-state index contributed by atoms with van der Waals surface area (Å²) in [6.07, 6.45) is 46.2. The van der Waals surface area contributed by atoms with Gasteiger partial charge in [0.05, 0.1) is 0 Å². The molecule has 0 aromatic carbocycles. The molecule has 0 aliphatic carbocycles. The minimum absolute atomic E-state index is 0.0421. The molecule has 0 saturated heterocycles. The molecule has 0 spiro atoms. The molecule has 1 atom stereocenters. The smallest absolute Gasteiger partial charge is 0.165 e. The predicted octanol–water partition coefficient (Wildman–Crippen LogP) is 14.0. The van der Waals surface area contributed by atoms with Crippen LogP contribution in [0.1, 0.15) is 245 Å². The topological polar surface area (TPSA) is 40.5 Å². The van der Waals surface area contributed by atoms with Crippen LogP contribution in [0.25, 0.3) is 0 Å². The van der Waals surface area contributed by atoms with Gasteiger partial charge < -0.3 is 10.2 Å². The van der Waals surface area contributed by atoms with Crippen molar-refractivity contribution in [1.29, 1.82) is 0 Å². The highest BCUT2D eigenvalue weighted by Crippen LogP contribution is 2.29. The molecule has 0 fully saturated rings. The van der Waals surface area contributed by atoms with Crippen molar-refractivity contribution in [3.8, 4) is 0 Å². The minimum atomic E-state index is -1.46. The molecule has 0 aromatic rings. The van der Waals surface area contributed by atoms with Crippen LogP contribution in [-0.4, -0.2) is 16.0 Å². The lowest BCUT2D eigenvalue weighted by Crippen LogP contribution is -2.37. The van der Waals surface area contributed by atoms with Crippen LogP contribution in [-0.2, 0) is 0 Å². The standard InChI is InChI=1S/C40H82O2/c1-4-7-9-11-13-15-17-19-21-23-25-27-29-31-33-35-37-39(6-3)40(41,42)38-36-34-32-30-28-26-24-22-20-18-16-14-12-10-8-5-2/h39,41-42H,4-38H2,1-3H3. The molecule has 0 heterocycles. The van der Waals surface area contributed by atoms with Crippen LogP contribution in [0.15, 0.2) is 0 Å². The Balaban J connectivity index is 3.51. The molecule has 0 amide bonds. The van der Waals surface area contributed by atoms with E-state index in [9.17, 15) is 10.2 Å². The van der Waals surface area contributed by atoms with Crippen molar-refractivity contribution in [2.24, 2.45) is 5.92 Å². The third-order valence-corrected chi connectivity index (χ3v) is 9.95. The molecule has 2 N–H and O–H groups in total. The second-order valence-electron chi connectivity index (χ2n) is 14.1. The zero-order chi connectivity index (χ0) is 30.8. The quantitative estimate of drug-likeness (QED) is 0.0559. The Hall–Kier alpha value is -0.0800. The summed E-state index contributed by atoms with van der Waals surface area (Å²) in [7, 11) is 0. The van der Waals surface area contributed by atoms with Crippen molar-refractivity contribution < 1.29 is 10.2 Å². The van der Waals surface area contributed by atoms with E-state index in [4.69, 9.17) is 0 Å². The van der Waals surface area contributed by atoms with Crippen molar-refractivity contribution >= 4 is 0 Å². The Morgan fingerprint density at radius 1 is 0.333 bits per heavy atom. The molecule has 0 bridgehead atoms. The van der Waals surface area contributed by atoms with Gasteiger partial charge >= 0.3 is 0 Å². The van der Waals surface area contributed by atoms with E-state index in [1.165, 1.54) is 186 Å². The fourth-order valence-electron chi connectivity index (χ4n) is 6.84. The van der Waals surface area contributed by atoms with Crippen LogP contribution in [0, 0.1) is 5.92 Å². The fraction of sp³-hybridized carbons (Fsp3) is 1.00. The van der Waals surface area contributed by atoms with E-state index in [-0.39, 0.29) is 5.92 Å². The van der Waals surface area contributed by atoms with Gasteiger partial charge in [-0.05, 0) is 19.3 Å². The Bertz CT molecular complexity index is 488. The Morgan fingerprint density at radius 2 is 0.571 bits per heavy atom. The van der Waals surface area contributed by atoms with Gasteiger partial charge in [-0.25, -0.2) is 0 Å². The van der Waals surface area contributed by atoms with E-state index in [0.29, 0.717) is 6.42 Å². The highest BCUT2D eigenvalue weighted by atomic mass is 16.5. The van der Waals surface area contributed by atoms with Gasteiger partial charge in [-0.15, -0.1) is 0 Å². The highest BCUT2D eigenvalue weighted by molar-refractivity contribution is 4.75. The van der Waals surface area contributed by atoms with Crippen LogP contribution in [0.5, 0.6) is 0 Å². The first-order chi connectivity index (χ1) is 20.6. The lowest BCUT2D eigenvalue weighted by molar-refractivity contribution is -0.208. The summed E-state index contributed by atoms with van der Waals surface area (Å²) in [5, 5.41) is 21.5. The van der Waals surface area contributed by atoms with Crippen molar-refractivity contribution in [2.75, 3.05) is 0 Å². The van der Waals surface area contributed by atoms with Gasteiger partial charge in [0.15, 0.2) is 5.79 Å². The van der Waals surface area contributed by atoms with E-state index < -0.39 is 5.79 Å². The third-order valence-electron chi connectivity index (χ3n) is 9.95. The zero-order valence-electron chi connectivity index (χ0n) is 29.7. The molecular formula is C40H82O2. The van der Waals surface area contributed by atoms with Crippen LogP contribution in [0.3, 0.4) is 0 Å². The molecule has 2 nitrogen and oxygen atoms in total. The summed E-state index contributed by atoms with van der Waals surface area (Å²) in [5.41, 5.74) is 0. The summed E-state index contributed by atoms with van der Waals surface area (Å²) in [6, 6.07) is 0. The number of unbranched alkanes of at least 4 members (excludes halogenated alkanes) is 30. The molecule has 0 aromatic heterocycles. The lowest BCUT2D eigenvalue weighted by Gasteiger charge is -2.31. The van der Waals surface area contributed by atoms with E-state index >= 15 is 0 Å². The average molecular weight is 595 g/mol. The molecule has 0 aliphatic rings.